The number of aromatic nitrogens is 1. The number of benzene rings is 1. The SMILES string of the molecule is O=C(/C=C/c1cc(Cl)c2c(c1)OCCO2)N1CCN(c2cc[nH+]cc2)CC1. The number of amides is 1. The molecule has 1 amide bonds. The van der Waals surface area contributed by atoms with Gasteiger partial charge in [-0.2, -0.15) is 0 Å². The Kier molecular flexibility index (Phi) is 5.16. The number of halogens is 1. The van der Waals surface area contributed by atoms with Crippen molar-refractivity contribution >= 4 is 29.3 Å². The molecular weight excluding hydrogens is 366 g/mol. The highest BCUT2D eigenvalue weighted by molar-refractivity contribution is 6.32. The third-order valence-corrected chi connectivity index (χ3v) is 4.98. The van der Waals surface area contributed by atoms with Crippen molar-refractivity contribution in [3.63, 3.8) is 0 Å². The largest absolute Gasteiger partial charge is 0.486 e. The summed E-state index contributed by atoms with van der Waals surface area (Å²) in [5.41, 5.74) is 1.99. The highest BCUT2D eigenvalue weighted by Crippen LogP contribution is 2.38. The second-order valence-electron chi connectivity index (χ2n) is 6.43. The standard InChI is InChI=1S/C20H20ClN3O3/c21-17-13-15(14-18-20(17)27-12-11-26-18)1-2-19(25)24-9-7-23(8-10-24)16-3-5-22-6-4-16/h1-6,13-14H,7-12H2/p+1/b2-1+. The number of hydrogen-bond acceptors (Lipinski definition) is 4. The molecule has 7 heteroatoms. The van der Waals surface area contributed by atoms with Crippen LogP contribution in [0, 0.1) is 0 Å². The molecule has 1 aromatic heterocycles. The van der Waals surface area contributed by atoms with Gasteiger partial charge in [-0.05, 0) is 23.8 Å². The summed E-state index contributed by atoms with van der Waals surface area (Å²) < 4.78 is 11.1. The highest BCUT2D eigenvalue weighted by atomic mass is 35.5. The van der Waals surface area contributed by atoms with E-state index >= 15 is 0 Å². The second kappa shape index (κ2) is 7.88. The molecule has 2 aliphatic rings. The van der Waals surface area contributed by atoms with E-state index in [0.29, 0.717) is 42.8 Å². The Morgan fingerprint density at radius 1 is 1.07 bits per heavy atom. The van der Waals surface area contributed by atoms with Gasteiger partial charge in [0.05, 0.1) is 5.02 Å². The van der Waals surface area contributed by atoms with Gasteiger partial charge in [-0.25, -0.2) is 4.98 Å². The van der Waals surface area contributed by atoms with Crippen LogP contribution in [0.25, 0.3) is 6.08 Å². The Labute approximate surface area is 163 Å². The first-order valence-corrected chi connectivity index (χ1v) is 9.36. The van der Waals surface area contributed by atoms with E-state index in [1.54, 1.807) is 18.2 Å². The second-order valence-corrected chi connectivity index (χ2v) is 6.84. The van der Waals surface area contributed by atoms with Crippen LogP contribution in [-0.2, 0) is 4.79 Å². The van der Waals surface area contributed by atoms with E-state index in [0.717, 1.165) is 18.7 Å². The lowest BCUT2D eigenvalue weighted by molar-refractivity contribution is -0.377. The van der Waals surface area contributed by atoms with Gasteiger partial charge in [-0.1, -0.05) is 11.6 Å². The fraction of sp³-hybridized carbons (Fsp3) is 0.300. The van der Waals surface area contributed by atoms with Gasteiger partial charge in [-0.3, -0.25) is 4.79 Å². The van der Waals surface area contributed by atoms with E-state index in [1.807, 2.05) is 35.5 Å². The van der Waals surface area contributed by atoms with Gasteiger partial charge < -0.3 is 19.3 Å². The fourth-order valence-corrected chi connectivity index (χ4v) is 3.55. The summed E-state index contributed by atoms with van der Waals surface area (Å²) in [4.78, 5) is 19.7. The molecule has 2 aliphatic heterocycles. The highest BCUT2D eigenvalue weighted by Gasteiger charge is 2.20. The van der Waals surface area contributed by atoms with Crippen LogP contribution in [0.5, 0.6) is 11.5 Å². The topological polar surface area (TPSA) is 56.2 Å². The number of nitrogens with one attached hydrogen (secondary N) is 1. The maximum absolute atomic E-state index is 12.5. The number of rotatable bonds is 3. The quantitative estimate of drug-likeness (QED) is 0.759. The summed E-state index contributed by atoms with van der Waals surface area (Å²) in [6.45, 7) is 4.03. The number of anilines is 1. The molecule has 0 bridgehead atoms. The Morgan fingerprint density at radius 3 is 2.59 bits per heavy atom. The van der Waals surface area contributed by atoms with Crippen molar-refractivity contribution in [1.29, 1.82) is 0 Å². The molecule has 6 nitrogen and oxygen atoms in total. The van der Waals surface area contributed by atoms with Gasteiger partial charge in [0.25, 0.3) is 0 Å². The minimum absolute atomic E-state index is 0.00190. The van der Waals surface area contributed by atoms with Gasteiger partial charge in [0.15, 0.2) is 23.9 Å². The number of carbonyl (C=O) groups is 1. The fourth-order valence-electron chi connectivity index (χ4n) is 3.27. The summed E-state index contributed by atoms with van der Waals surface area (Å²) in [5.74, 6) is 1.19. The van der Waals surface area contributed by atoms with Crippen molar-refractivity contribution in [2.24, 2.45) is 0 Å². The summed E-state index contributed by atoms with van der Waals surface area (Å²) >= 11 is 6.24. The number of H-pyrrole nitrogens is 1. The van der Waals surface area contributed by atoms with Crippen molar-refractivity contribution < 1.29 is 19.3 Å². The van der Waals surface area contributed by atoms with Crippen molar-refractivity contribution in [1.82, 2.24) is 4.90 Å². The van der Waals surface area contributed by atoms with Gasteiger partial charge in [0.1, 0.15) is 13.2 Å². The molecule has 1 fully saturated rings. The van der Waals surface area contributed by atoms with Gasteiger partial charge in [-0.15, -0.1) is 0 Å². The van der Waals surface area contributed by atoms with E-state index in [1.165, 1.54) is 5.69 Å². The lowest BCUT2D eigenvalue weighted by Gasteiger charge is -2.35. The molecule has 0 saturated carbocycles. The third kappa shape index (κ3) is 4.01. The first-order valence-electron chi connectivity index (χ1n) is 8.98. The molecule has 4 rings (SSSR count). The normalized spacial score (nSPS) is 16.6. The lowest BCUT2D eigenvalue weighted by atomic mass is 10.1. The Bertz CT molecular complexity index is 849. The smallest absolute Gasteiger partial charge is 0.246 e. The van der Waals surface area contributed by atoms with E-state index in [-0.39, 0.29) is 5.91 Å². The van der Waals surface area contributed by atoms with Crippen LogP contribution in [-0.4, -0.2) is 50.2 Å². The predicted octanol–water partition coefficient (Wildman–Crippen LogP) is 2.29. The number of piperazine rings is 1. The van der Waals surface area contributed by atoms with E-state index in [2.05, 4.69) is 9.88 Å². The molecule has 0 radical (unpaired) electrons. The van der Waals surface area contributed by atoms with Gasteiger partial charge in [0, 0.05) is 50.1 Å². The first kappa shape index (κ1) is 17.7. The van der Waals surface area contributed by atoms with E-state index < -0.39 is 0 Å². The van der Waals surface area contributed by atoms with Crippen LogP contribution < -0.4 is 19.4 Å². The Morgan fingerprint density at radius 2 is 1.81 bits per heavy atom. The molecule has 0 spiro atoms. The van der Waals surface area contributed by atoms with E-state index in [4.69, 9.17) is 21.1 Å². The third-order valence-electron chi connectivity index (χ3n) is 4.69. The van der Waals surface area contributed by atoms with Crippen LogP contribution in [0.1, 0.15) is 5.56 Å². The summed E-state index contributed by atoms with van der Waals surface area (Å²) in [6.07, 6.45) is 7.18. The number of hydrogen-bond donors (Lipinski definition) is 0. The number of fused-ring (bicyclic) bond motifs is 1. The minimum atomic E-state index is 0.00190. The first-order chi connectivity index (χ1) is 13.2. The zero-order valence-electron chi connectivity index (χ0n) is 14.9. The van der Waals surface area contributed by atoms with Crippen LogP contribution in [0.2, 0.25) is 5.02 Å². The molecular formula is C20H21ClN3O3+. The summed E-state index contributed by atoms with van der Waals surface area (Å²) in [7, 11) is 0. The molecule has 1 N–H and O–H groups in total. The summed E-state index contributed by atoms with van der Waals surface area (Å²) in [5, 5.41) is 0.494. The zero-order chi connectivity index (χ0) is 18.6. The van der Waals surface area contributed by atoms with Crippen molar-refractivity contribution in [3.05, 3.63) is 53.3 Å². The maximum atomic E-state index is 12.5. The molecule has 0 aliphatic carbocycles. The number of nitrogens with zero attached hydrogens (tertiary/aromatic N) is 2. The molecule has 140 valence electrons. The molecule has 27 heavy (non-hydrogen) atoms. The van der Waals surface area contributed by atoms with Crippen molar-refractivity contribution in [3.8, 4) is 11.5 Å². The molecule has 3 heterocycles. The average Bonchev–Trinajstić information content (AvgIpc) is 2.73. The molecule has 2 aromatic rings. The molecule has 1 aromatic carbocycles. The Balaban J connectivity index is 1.38. The summed E-state index contributed by atoms with van der Waals surface area (Å²) in [6, 6.07) is 7.71. The number of ether oxygens (including phenoxy) is 2. The van der Waals surface area contributed by atoms with Crippen LogP contribution in [0.15, 0.2) is 42.7 Å². The van der Waals surface area contributed by atoms with Crippen LogP contribution >= 0.6 is 11.6 Å². The molecule has 0 atom stereocenters. The zero-order valence-corrected chi connectivity index (χ0v) is 15.6. The van der Waals surface area contributed by atoms with Crippen molar-refractivity contribution in [2.45, 2.75) is 0 Å². The van der Waals surface area contributed by atoms with Gasteiger partial charge >= 0.3 is 0 Å². The molecule has 1 saturated heterocycles. The Hall–Kier alpha value is -2.73. The number of carbonyl (C=O) groups excluding carboxylic acids is 1. The minimum Gasteiger partial charge on any atom is -0.486 e. The maximum Gasteiger partial charge on any atom is 0.246 e. The van der Waals surface area contributed by atoms with Crippen LogP contribution in [0.4, 0.5) is 5.69 Å². The average molecular weight is 387 g/mol. The van der Waals surface area contributed by atoms with Crippen molar-refractivity contribution in [2.75, 3.05) is 44.3 Å². The number of pyridine rings is 1. The monoisotopic (exact) mass is 386 g/mol. The van der Waals surface area contributed by atoms with Gasteiger partial charge in [0.2, 0.25) is 5.91 Å². The van der Waals surface area contributed by atoms with E-state index in [9.17, 15) is 4.79 Å². The van der Waals surface area contributed by atoms with Crippen LogP contribution in [0.3, 0.4) is 0 Å². The number of aromatic amines is 1. The molecule has 0 unspecified atom stereocenters. The predicted molar refractivity (Wildman–Crippen MR) is 103 cm³/mol. The lowest BCUT2D eigenvalue weighted by Crippen LogP contribution is -2.48.